The summed E-state index contributed by atoms with van der Waals surface area (Å²) in [5.74, 6) is -3.19. The number of amides is 2. The molecule has 2 unspecified atom stereocenters. The van der Waals surface area contributed by atoms with E-state index in [1.54, 1.807) is 91.0 Å². The Bertz CT molecular complexity index is 1760. The molecule has 0 fully saturated rings. The van der Waals surface area contributed by atoms with Crippen LogP contribution in [0.5, 0.6) is 0 Å². The lowest BCUT2D eigenvalue weighted by Crippen LogP contribution is -2.63. The quantitative estimate of drug-likeness (QED) is 0.0275. The molecule has 0 heterocycles. The molecule has 0 aliphatic rings. The monoisotopic (exact) mass is 805 g/mol. The van der Waals surface area contributed by atoms with Crippen molar-refractivity contribution in [3.8, 4) is 0 Å². The van der Waals surface area contributed by atoms with Crippen LogP contribution in [0.2, 0.25) is 0 Å². The lowest BCUT2D eigenvalue weighted by molar-refractivity contribution is -0.929. The average Bonchev–Trinajstić information content (AvgIpc) is 3.23. The molecule has 0 aliphatic heterocycles. The Labute approximate surface area is 339 Å². The number of hydrogen-bond donors (Lipinski definition) is 5. The number of ether oxygens (including phenoxy) is 1. The fourth-order valence-electron chi connectivity index (χ4n) is 5.38. The number of rotatable bonds is 25. The van der Waals surface area contributed by atoms with E-state index < -0.39 is 53.3 Å². The smallest absolute Gasteiger partial charge is 0.361 e. The van der Waals surface area contributed by atoms with Gasteiger partial charge in [0, 0.05) is 13.1 Å². The van der Waals surface area contributed by atoms with Gasteiger partial charge in [0.2, 0.25) is 11.8 Å². The molecular weight excluding hydrogens is 748 g/mol. The maximum atomic E-state index is 13.9. The summed E-state index contributed by atoms with van der Waals surface area (Å²) in [6.45, 7) is 4.63. The SMILES string of the molecule is COC(=O)C[N+](C)(C)C(C)(C)CNC(=O)C(CCCCNOC(=O)c1ccccc1)NC(=O)C(CCCCNOC(=O)c1ccccc1)NOC(=O)c1ccccc1. The Balaban J connectivity index is 1.66. The second-order valence-electron chi connectivity index (χ2n) is 14.7. The van der Waals surface area contributed by atoms with E-state index in [0.717, 1.165) is 0 Å². The van der Waals surface area contributed by atoms with Crippen LogP contribution in [0.3, 0.4) is 0 Å². The predicted octanol–water partition coefficient (Wildman–Crippen LogP) is 3.41. The summed E-state index contributed by atoms with van der Waals surface area (Å²) in [5, 5.41) is 5.78. The highest BCUT2D eigenvalue weighted by atomic mass is 16.7. The van der Waals surface area contributed by atoms with Gasteiger partial charge in [-0.15, -0.1) is 5.48 Å². The highest BCUT2D eigenvalue weighted by Gasteiger charge is 2.39. The standard InChI is InChI=1S/C42H56N6O10/c1-42(2,48(3,4)29-36(49)55-5)30-43-37(50)34(25-15-17-27-44-56-39(52)31-19-9-6-10-20-31)46-38(51)35(47-58-41(54)33-23-13-8-14-24-33)26-16-18-28-45-57-40(53)32-21-11-7-12-22-32/h6-14,19-24,34-35,44-45,47H,15-18,25-30H2,1-5H3,(H-,43,46,50,51)/p+1. The largest absolute Gasteiger partial charge is 0.465 e. The molecule has 5 N–H and O–H groups in total. The second kappa shape index (κ2) is 24.2. The van der Waals surface area contributed by atoms with Crippen molar-refractivity contribution in [3.05, 3.63) is 108 Å². The van der Waals surface area contributed by atoms with Gasteiger partial charge in [0.15, 0.2) is 6.54 Å². The fraction of sp³-hybridized carbons (Fsp3) is 0.429. The number of carbonyl (C=O) groups excluding carboxylic acids is 6. The van der Waals surface area contributed by atoms with Crippen LogP contribution in [0, 0.1) is 0 Å². The topological polar surface area (TPSA) is 199 Å². The van der Waals surface area contributed by atoms with Gasteiger partial charge in [-0.25, -0.2) is 19.2 Å². The van der Waals surface area contributed by atoms with Crippen molar-refractivity contribution >= 4 is 35.7 Å². The molecule has 0 bridgehead atoms. The Morgan fingerprint density at radius 1 is 0.603 bits per heavy atom. The molecule has 0 saturated carbocycles. The van der Waals surface area contributed by atoms with Crippen LogP contribution in [-0.2, 0) is 33.6 Å². The average molecular weight is 806 g/mol. The van der Waals surface area contributed by atoms with Crippen molar-refractivity contribution in [2.45, 2.75) is 70.0 Å². The van der Waals surface area contributed by atoms with E-state index in [-0.39, 0.29) is 42.5 Å². The Morgan fingerprint density at radius 2 is 1.03 bits per heavy atom. The molecule has 58 heavy (non-hydrogen) atoms. The fourth-order valence-corrected chi connectivity index (χ4v) is 5.38. The van der Waals surface area contributed by atoms with Crippen LogP contribution < -0.4 is 27.1 Å². The highest BCUT2D eigenvalue weighted by Crippen LogP contribution is 2.20. The van der Waals surface area contributed by atoms with E-state index in [2.05, 4.69) is 27.1 Å². The second-order valence-corrected chi connectivity index (χ2v) is 14.7. The minimum Gasteiger partial charge on any atom is -0.465 e. The van der Waals surface area contributed by atoms with Crippen LogP contribution in [0.25, 0.3) is 0 Å². The molecule has 0 saturated heterocycles. The number of methoxy groups -OCH3 is 1. The third kappa shape index (κ3) is 16.1. The highest BCUT2D eigenvalue weighted by molar-refractivity contribution is 5.91. The molecular formula is C42H57N6O10+. The summed E-state index contributed by atoms with van der Waals surface area (Å²) in [4.78, 5) is 92.7. The van der Waals surface area contributed by atoms with Gasteiger partial charge in [-0.3, -0.25) is 9.59 Å². The molecule has 2 atom stereocenters. The molecule has 3 aromatic carbocycles. The minimum absolute atomic E-state index is 0.0708. The van der Waals surface area contributed by atoms with Gasteiger partial charge < -0.3 is 34.4 Å². The zero-order valence-corrected chi connectivity index (χ0v) is 33.9. The molecule has 2 amide bonds. The molecule has 0 aliphatic carbocycles. The summed E-state index contributed by atoms with van der Waals surface area (Å²) < 4.78 is 5.08. The van der Waals surface area contributed by atoms with Gasteiger partial charge in [0.05, 0.1) is 44.4 Å². The van der Waals surface area contributed by atoms with Gasteiger partial charge >= 0.3 is 23.9 Å². The maximum Gasteiger partial charge on any atom is 0.361 e. The van der Waals surface area contributed by atoms with Crippen molar-refractivity contribution in [2.75, 3.05) is 47.4 Å². The van der Waals surface area contributed by atoms with Crippen molar-refractivity contribution in [1.82, 2.24) is 27.1 Å². The Hall–Kier alpha value is -5.68. The van der Waals surface area contributed by atoms with Gasteiger partial charge in [-0.2, -0.15) is 11.0 Å². The molecule has 16 heteroatoms. The van der Waals surface area contributed by atoms with Crippen LogP contribution in [0.4, 0.5) is 0 Å². The number of hydrogen-bond acceptors (Lipinski definition) is 13. The van der Waals surface area contributed by atoms with Crippen LogP contribution in [0.15, 0.2) is 91.0 Å². The molecule has 3 aromatic rings. The number of esters is 1. The van der Waals surface area contributed by atoms with E-state index in [1.807, 2.05) is 27.9 Å². The first-order valence-corrected chi connectivity index (χ1v) is 19.2. The van der Waals surface area contributed by atoms with Crippen LogP contribution >= 0.6 is 0 Å². The first-order chi connectivity index (χ1) is 27.7. The van der Waals surface area contributed by atoms with Gasteiger partial charge in [0.25, 0.3) is 0 Å². The third-order valence-electron chi connectivity index (χ3n) is 9.73. The number of nitrogens with one attached hydrogen (secondary N) is 5. The summed E-state index contributed by atoms with van der Waals surface area (Å²) in [6.07, 6.45) is 2.29. The minimum atomic E-state index is -1.05. The Morgan fingerprint density at radius 3 is 1.48 bits per heavy atom. The first kappa shape index (κ1) is 46.7. The molecule has 314 valence electrons. The number of nitrogens with zero attached hydrogens (tertiary/aromatic N) is 1. The molecule has 0 aromatic heterocycles. The summed E-state index contributed by atoms with van der Waals surface area (Å²) in [6, 6.07) is 23.3. The van der Waals surface area contributed by atoms with E-state index in [0.29, 0.717) is 43.4 Å². The number of carbonyl (C=O) groups is 6. The van der Waals surface area contributed by atoms with E-state index in [9.17, 15) is 28.8 Å². The van der Waals surface area contributed by atoms with E-state index in [4.69, 9.17) is 19.2 Å². The predicted molar refractivity (Wildman–Crippen MR) is 214 cm³/mol. The number of quaternary nitrogens is 1. The lowest BCUT2D eigenvalue weighted by atomic mass is 9.99. The Kier molecular flexibility index (Phi) is 19.5. The van der Waals surface area contributed by atoms with E-state index >= 15 is 0 Å². The lowest BCUT2D eigenvalue weighted by Gasteiger charge is -2.43. The molecule has 16 nitrogen and oxygen atoms in total. The molecule has 0 radical (unpaired) electrons. The van der Waals surface area contributed by atoms with Crippen molar-refractivity contribution in [3.63, 3.8) is 0 Å². The zero-order chi connectivity index (χ0) is 42.4. The first-order valence-electron chi connectivity index (χ1n) is 19.2. The number of hydroxylamine groups is 3. The summed E-state index contributed by atoms with van der Waals surface area (Å²) >= 11 is 0. The molecule has 3 rings (SSSR count). The van der Waals surface area contributed by atoms with Gasteiger partial charge in [-0.05, 0) is 88.8 Å². The third-order valence-corrected chi connectivity index (χ3v) is 9.73. The van der Waals surface area contributed by atoms with Crippen molar-refractivity contribution in [2.24, 2.45) is 0 Å². The van der Waals surface area contributed by atoms with E-state index in [1.165, 1.54) is 7.11 Å². The number of unbranched alkanes of at least 4 members (excludes halogenated alkanes) is 2. The molecule has 0 spiro atoms. The van der Waals surface area contributed by atoms with Gasteiger partial charge in [-0.1, -0.05) is 54.6 Å². The zero-order valence-electron chi connectivity index (χ0n) is 33.9. The van der Waals surface area contributed by atoms with Crippen molar-refractivity contribution in [1.29, 1.82) is 0 Å². The summed E-state index contributed by atoms with van der Waals surface area (Å²) in [5.41, 5.74) is 8.33. The van der Waals surface area contributed by atoms with Crippen LogP contribution in [-0.4, -0.2) is 105 Å². The number of benzene rings is 3. The maximum absolute atomic E-state index is 13.9. The normalized spacial score (nSPS) is 12.4. The van der Waals surface area contributed by atoms with Crippen LogP contribution in [0.1, 0.15) is 83.4 Å². The summed E-state index contributed by atoms with van der Waals surface area (Å²) in [7, 11) is 5.03. The van der Waals surface area contributed by atoms with Gasteiger partial charge in [0.1, 0.15) is 17.6 Å². The van der Waals surface area contributed by atoms with Crippen molar-refractivity contribution < 1.29 is 52.5 Å². The number of likely N-dealkylation sites (N-methyl/N-ethyl adjacent to an activating group) is 1.